The van der Waals surface area contributed by atoms with Gasteiger partial charge in [-0.05, 0) is 37.3 Å². The van der Waals surface area contributed by atoms with E-state index in [4.69, 9.17) is 16.6 Å². The summed E-state index contributed by atoms with van der Waals surface area (Å²) in [5.74, 6) is 0.737. The zero-order valence-corrected chi connectivity index (χ0v) is 12.7. The molecule has 1 aliphatic carbocycles. The van der Waals surface area contributed by atoms with Gasteiger partial charge in [-0.25, -0.2) is 9.97 Å². The van der Waals surface area contributed by atoms with Gasteiger partial charge in [0.2, 0.25) is 0 Å². The zero-order valence-electron chi connectivity index (χ0n) is 11.1. The number of fused-ring (bicyclic) bond motifs is 3. The molecule has 0 spiro atoms. The minimum atomic E-state index is 0.604. The van der Waals surface area contributed by atoms with Gasteiger partial charge in [0.1, 0.15) is 9.98 Å². The molecular formula is C16H13ClN2S. The van der Waals surface area contributed by atoms with Crippen molar-refractivity contribution >= 4 is 33.2 Å². The van der Waals surface area contributed by atoms with Crippen LogP contribution in [0.5, 0.6) is 0 Å². The summed E-state index contributed by atoms with van der Waals surface area (Å²) >= 11 is 8.22. The Hall–Kier alpha value is -1.45. The van der Waals surface area contributed by atoms with Crippen LogP contribution < -0.4 is 0 Å². The highest BCUT2D eigenvalue weighted by atomic mass is 35.5. The van der Waals surface area contributed by atoms with Crippen LogP contribution in [-0.2, 0) is 12.8 Å². The van der Waals surface area contributed by atoms with E-state index in [1.54, 1.807) is 11.3 Å². The van der Waals surface area contributed by atoms with Gasteiger partial charge in [0.05, 0.1) is 5.39 Å². The Kier molecular flexibility index (Phi) is 2.79. The largest absolute Gasteiger partial charge is 0.217 e. The van der Waals surface area contributed by atoms with Crippen LogP contribution in [0.15, 0.2) is 24.3 Å². The summed E-state index contributed by atoms with van der Waals surface area (Å²) in [6.45, 7) is 2.07. The van der Waals surface area contributed by atoms with Crippen molar-refractivity contribution < 1.29 is 0 Å². The third-order valence-electron chi connectivity index (χ3n) is 3.91. The Morgan fingerprint density at radius 2 is 2.00 bits per heavy atom. The molecule has 0 N–H and O–H groups in total. The smallest absolute Gasteiger partial charge is 0.162 e. The third kappa shape index (κ3) is 1.77. The zero-order chi connectivity index (χ0) is 13.7. The molecule has 0 radical (unpaired) electrons. The fraction of sp³-hybridized carbons (Fsp3) is 0.250. The van der Waals surface area contributed by atoms with Gasteiger partial charge in [0.15, 0.2) is 5.82 Å². The minimum absolute atomic E-state index is 0.604. The number of hydrogen-bond acceptors (Lipinski definition) is 3. The average Bonchev–Trinajstić information content (AvgIpc) is 2.98. The highest BCUT2D eigenvalue weighted by Gasteiger charge is 2.22. The van der Waals surface area contributed by atoms with Crippen LogP contribution >= 0.6 is 22.9 Å². The second-order valence-corrected chi connectivity index (χ2v) is 6.63. The van der Waals surface area contributed by atoms with E-state index >= 15 is 0 Å². The summed E-state index contributed by atoms with van der Waals surface area (Å²) in [7, 11) is 0. The predicted octanol–water partition coefficient (Wildman–Crippen LogP) is 4.81. The van der Waals surface area contributed by atoms with Gasteiger partial charge in [-0.15, -0.1) is 11.3 Å². The van der Waals surface area contributed by atoms with Crippen LogP contribution in [0.25, 0.3) is 21.6 Å². The van der Waals surface area contributed by atoms with Crippen molar-refractivity contribution in [2.45, 2.75) is 26.2 Å². The van der Waals surface area contributed by atoms with Crippen LogP contribution in [0, 0.1) is 6.92 Å². The molecule has 2 aromatic heterocycles. The number of thiophene rings is 1. The summed E-state index contributed by atoms with van der Waals surface area (Å²) < 4.78 is 0. The topological polar surface area (TPSA) is 25.8 Å². The van der Waals surface area contributed by atoms with Crippen molar-refractivity contribution in [3.8, 4) is 11.4 Å². The van der Waals surface area contributed by atoms with Gasteiger partial charge >= 0.3 is 0 Å². The van der Waals surface area contributed by atoms with Crippen molar-refractivity contribution in [1.29, 1.82) is 0 Å². The third-order valence-corrected chi connectivity index (χ3v) is 5.37. The van der Waals surface area contributed by atoms with Crippen LogP contribution in [0.3, 0.4) is 0 Å². The number of aryl methyl sites for hydroxylation is 3. The summed E-state index contributed by atoms with van der Waals surface area (Å²) in [5, 5.41) is 1.69. The molecule has 100 valence electrons. The SMILES string of the molecule is Cc1ccccc1-c1nc(Cl)c2c3c(sc2n1)CCC3. The second kappa shape index (κ2) is 4.54. The van der Waals surface area contributed by atoms with Crippen molar-refractivity contribution in [2.75, 3.05) is 0 Å². The maximum absolute atomic E-state index is 6.45. The number of benzene rings is 1. The average molecular weight is 301 g/mol. The fourth-order valence-electron chi connectivity index (χ4n) is 2.90. The van der Waals surface area contributed by atoms with Gasteiger partial charge in [0, 0.05) is 10.4 Å². The number of aromatic nitrogens is 2. The van der Waals surface area contributed by atoms with Gasteiger partial charge in [0.25, 0.3) is 0 Å². The predicted molar refractivity (Wildman–Crippen MR) is 84.6 cm³/mol. The molecule has 2 heterocycles. The highest BCUT2D eigenvalue weighted by Crippen LogP contribution is 2.40. The molecule has 0 aliphatic heterocycles. The molecule has 3 aromatic rings. The maximum atomic E-state index is 6.45. The lowest BCUT2D eigenvalue weighted by atomic mass is 10.1. The van der Waals surface area contributed by atoms with E-state index in [0.717, 1.165) is 34.4 Å². The molecule has 1 aromatic carbocycles. The Bertz CT molecular complexity index is 823. The minimum Gasteiger partial charge on any atom is -0.217 e. The molecule has 0 bridgehead atoms. The number of halogens is 1. The summed E-state index contributed by atoms with van der Waals surface area (Å²) in [6, 6.07) is 8.16. The van der Waals surface area contributed by atoms with Crippen LogP contribution in [0.4, 0.5) is 0 Å². The Morgan fingerprint density at radius 3 is 2.85 bits per heavy atom. The normalized spacial score (nSPS) is 13.9. The molecule has 1 aliphatic rings. The first-order valence-corrected chi connectivity index (χ1v) is 7.97. The van der Waals surface area contributed by atoms with Gasteiger partial charge in [-0.3, -0.25) is 0 Å². The van der Waals surface area contributed by atoms with E-state index in [1.807, 2.05) is 18.2 Å². The van der Waals surface area contributed by atoms with E-state index in [9.17, 15) is 0 Å². The molecule has 4 rings (SSSR count). The first-order valence-electron chi connectivity index (χ1n) is 6.78. The van der Waals surface area contributed by atoms with Crippen LogP contribution in [0.1, 0.15) is 22.4 Å². The molecule has 20 heavy (non-hydrogen) atoms. The van der Waals surface area contributed by atoms with Gasteiger partial charge in [-0.2, -0.15) is 0 Å². The van der Waals surface area contributed by atoms with Crippen molar-refractivity contribution in [1.82, 2.24) is 9.97 Å². The summed E-state index contributed by atoms with van der Waals surface area (Å²) in [4.78, 5) is 11.8. The van der Waals surface area contributed by atoms with E-state index < -0.39 is 0 Å². The molecule has 4 heteroatoms. The molecule has 0 atom stereocenters. The number of hydrogen-bond donors (Lipinski definition) is 0. The maximum Gasteiger partial charge on any atom is 0.162 e. The van der Waals surface area contributed by atoms with Crippen LogP contribution in [-0.4, -0.2) is 9.97 Å². The van der Waals surface area contributed by atoms with Crippen molar-refractivity contribution in [3.05, 3.63) is 45.4 Å². The molecule has 0 saturated heterocycles. The highest BCUT2D eigenvalue weighted by molar-refractivity contribution is 7.19. The second-order valence-electron chi connectivity index (χ2n) is 5.19. The van der Waals surface area contributed by atoms with E-state index in [0.29, 0.717) is 5.15 Å². The first-order chi connectivity index (χ1) is 9.74. The molecule has 0 unspecified atom stereocenters. The molecule has 0 fully saturated rings. The quantitative estimate of drug-likeness (QED) is 0.603. The lowest BCUT2D eigenvalue weighted by Crippen LogP contribution is -1.93. The Labute approximate surface area is 126 Å². The summed E-state index contributed by atoms with van der Waals surface area (Å²) in [5.41, 5.74) is 3.61. The Morgan fingerprint density at radius 1 is 1.15 bits per heavy atom. The van der Waals surface area contributed by atoms with E-state index in [1.165, 1.54) is 22.4 Å². The number of rotatable bonds is 1. The van der Waals surface area contributed by atoms with Crippen LogP contribution in [0.2, 0.25) is 5.15 Å². The lowest BCUT2D eigenvalue weighted by Gasteiger charge is -2.05. The lowest BCUT2D eigenvalue weighted by molar-refractivity contribution is 0.917. The number of nitrogens with zero attached hydrogens (tertiary/aromatic N) is 2. The molecule has 2 nitrogen and oxygen atoms in total. The summed E-state index contributed by atoms with van der Waals surface area (Å²) in [6.07, 6.45) is 3.50. The van der Waals surface area contributed by atoms with Gasteiger partial charge in [-0.1, -0.05) is 35.9 Å². The molecular weight excluding hydrogens is 288 g/mol. The van der Waals surface area contributed by atoms with Crippen molar-refractivity contribution in [3.63, 3.8) is 0 Å². The fourth-order valence-corrected chi connectivity index (χ4v) is 4.50. The Balaban J connectivity index is 1.98. The van der Waals surface area contributed by atoms with Crippen molar-refractivity contribution in [2.24, 2.45) is 0 Å². The molecule has 0 saturated carbocycles. The molecule has 0 amide bonds. The van der Waals surface area contributed by atoms with E-state index in [-0.39, 0.29) is 0 Å². The van der Waals surface area contributed by atoms with E-state index in [2.05, 4.69) is 18.0 Å². The monoisotopic (exact) mass is 300 g/mol. The first kappa shape index (κ1) is 12.3. The standard InChI is InChI=1S/C16H13ClN2S/c1-9-5-2-3-6-10(9)15-18-14(17)13-11-7-4-8-12(11)20-16(13)19-15/h2-3,5-6H,4,7-8H2,1H3. The van der Waals surface area contributed by atoms with Gasteiger partial charge < -0.3 is 0 Å².